The molecule has 2 atom stereocenters. The summed E-state index contributed by atoms with van der Waals surface area (Å²) >= 11 is 0. The van der Waals surface area contributed by atoms with E-state index in [-0.39, 0.29) is 12.4 Å². The van der Waals surface area contributed by atoms with Gasteiger partial charge in [-0.15, -0.1) is 12.4 Å². The van der Waals surface area contributed by atoms with Crippen LogP contribution in [0.5, 0.6) is 0 Å². The first-order chi connectivity index (χ1) is 8.60. The maximum absolute atomic E-state index is 13.6. The second-order valence-electron chi connectivity index (χ2n) is 5.23. The van der Waals surface area contributed by atoms with Gasteiger partial charge >= 0.3 is 0 Å². The lowest BCUT2D eigenvalue weighted by Crippen LogP contribution is -2.45. The molecule has 1 heterocycles. The predicted octanol–water partition coefficient (Wildman–Crippen LogP) is 2.95. The van der Waals surface area contributed by atoms with E-state index in [0.717, 1.165) is 25.5 Å². The van der Waals surface area contributed by atoms with Crippen LogP contribution in [0.15, 0.2) is 18.2 Å². The van der Waals surface area contributed by atoms with Crippen LogP contribution in [-0.2, 0) is 6.54 Å². The minimum absolute atomic E-state index is 0. The Morgan fingerprint density at radius 2 is 2.11 bits per heavy atom. The largest absolute Gasteiger partial charge is 0.329 e. The van der Waals surface area contributed by atoms with E-state index in [0.29, 0.717) is 30.6 Å². The lowest BCUT2D eigenvalue weighted by Gasteiger charge is -2.38. The van der Waals surface area contributed by atoms with E-state index >= 15 is 0 Å². The van der Waals surface area contributed by atoms with Gasteiger partial charge in [-0.25, -0.2) is 8.78 Å². The van der Waals surface area contributed by atoms with Gasteiger partial charge in [-0.3, -0.25) is 4.90 Å². The van der Waals surface area contributed by atoms with E-state index in [1.54, 1.807) is 0 Å². The van der Waals surface area contributed by atoms with Crippen molar-refractivity contribution in [2.75, 3.05) is 13.1 Å². The van der Waals surface area contributed by atoms with Crippen molar-refractivity contribution >= 4 is 12.4 Å². The van der Waals surface area contributed by atoms with Gasteiger partial charge in [-0.1, -0.05) is 13.0 Å². The number of hydrogen-bond donors (Lipinski definition) is 1. The molecule has 1 fully saturated rings. The summed E-state index contributed by atoms with van der Waals surface area (Å²) in [6.07, 6.45) is 2.17. The van der Waals surface area contributed by atoms with Crippen molar-refractivity contribution in [3.05, 3.63) is 35.4 Å². The van der Waals surface area contributed by atoms with Crippen molar-refractivity contribution in [3.63, 3.8) is 0 Å². The molecule has 5 heteroatoms. The fraction of sp³-hybridized carbons (Fsp3) is 0.571. The molecule has 1 aliphatic heterocycles. The molecule has 0 bridgehead atoms. The Bertz CT molecular complexity index is 414. The fourth-order valence-corrected chi connectivity index (χ4v) is 2.62. The smallest absolute Gasteiger partial charge is 0.130 e. The van der Waals surface area contributed by atoms with E-state index in [4.69, 9.17) is 5.73 Å². The number of piperidine rings is 1. The summed E-state index contributed by atoms with van der Waals surface area (Å²) in [5.41, 5.74) is 6.32. The number of rotatable bonds is 3. The Labute approximate surface area is 119 Å². The summed E-state index contributed by atoms with van der Waals surface area (Å²) in [6, 6.07) is 4.08. The molecule has 1 saturated heterocycles. The number of hydrogen-bond acceptors (Lipinski definition) is 2. The lowest BCUT2D eigenvalue weighted by atomic mass is 9.92. The van der Waals surface area contributed by atoms with Gasteiger partial charge in [0, 0.05) is 30.8 Å². The summed E-state index contributed by atoms with van der Waals surface area (Å²) in [5.74, 6) is -0.323. The molecule has 0 aromatic heterocycles. The number of benzene rings is 1. The predicted molar refractivity (Wildman–Crippen MR) is 75.3 cm³/mol. The highest BCUT2D eigenvalue weighted by molar-refractivity contribution is 5.85. The highest BCUT2D eigenvalue weighted by atomic mass is 35.5. The van der Waals surface area contributed by atoms with Crippen molar-refractivity contribution in [2.45, 2.75) is 32.4 Å². The van der Waals surface area contributed by atoms with Crippen LogP contribution in [0.1, 0.15) is 25.3 Å². The highest BCUT2D eigenvalue weighted by Crippen LogP contribution is 2.24. The minimum Gasteiger partial charge on any atom is -0.329 e. The van der Waals surface area contributed by atoms with Crippen molar-refractivity contribution < 1.29 is 8.78 Å². The summed E-state index contributed by atoms with van der Waals surface area (Å²) in [5, 5.41) is 0. The van der Waals surface area contributed by atoms with Crippen LogP contribution in [0, 0.1) is 17.6 Å². The molecule has 0 radical (unpaired) electrons. The van der Waals surface area contributed by atoms with Gasteiger partial charge in [0.1, 0.15) is 11.6 Å². The first-order valence-electron chi connectivity index (χ1n) is 6.48. The molecule has 1 aromatic carbocycles. The Morgan fingerprint density at radius 1 is 1.37 bits per heavy atom. The average molecular weight is 291 g/mol. The van der Waals surface area contributed by atoms with Crippen molar-refractivity contribution in [1.29, 1.82) is 0 Å². The van der Waals surface area contributed by atoms with Crippen LogP contribution in [0.3, 0.4) is 0 Å². The van der Waals surface area contributed by atoms with E-state index in [9.17, 15) is 8.78 Å². The number of nitrogens with two attached hydrogens (primary N) is 1. The van der Waals surface area contributed by atoms with Crippen molar-refractivity contribution in [3.8, 4) is 0 Å². The zero-order valence-corrected chi connectivity index (χ0v) is 11.9. The summed E-state index contributed by atoms with van der Waals surface area (Å²) in [6.45, 7) is 4.26. The first kappa shape index (κ1) is 16.3. The molecule has 0 aliphatic carbocycles. The summed E-state index contributed by atoms with van der Waals surface area (Å²) in [7, 11) is 0. The molecule has 2 rings (SSSR count). The first-order valence-corrected chi connectivity index (χ1v) is 6.48. The molecule has 2 N–H and O–H groups in total. The Hall–Kier alpha value is -0.710. The Kier molecular flexibility index (Phi) is 6.17. The third-order valence-electron chi connectivity index (χ3n) is 3.76. The maximum Gasteiger partial charge on any atom is 0.130 e. The van der Waals surface area contributed by atoms with Gasteiger partial charge in [-0.05, 0) is 31.4 Å². The van der Waals surface area contributed by atoms with Crippen LogP contribution in [0.25, 0.3) is 0 Å². The molecule has 2 unspecified atom stereocenters. The minimum atomic E-state index is -0.529. The number of halogens is 3. The average Bonchev–Trinajstić information content (AvgIpc) is 2.34. The third kappa shape index (κ3) is 4.13. The second kappa shape index (κ2) is 7.17. The van der Waals surface area contributed by atoms with E-state index < -0.39 is 11.6 Å². The lowest BCUT2D eigenvalue weighted by molar-refractivity contribution is 0.114. The topological polar surface area (TPSA) is 29.3 Å². The highest BCUT2D eigenvalue weighted by Gasteiger charge is 2.25. The maximum atomic E-state index is 13.6. The molecule has 1 aromatic rings. The van der Waals surface area contributed by atoms with Crippen LogP contribution in [-0.4, -0.2) is 24.0 Å². The van der Waals surface area contributed by atoms with Gasteiger partial charge in [0.2, 0.25) is 0 Å². The zero-order valence-electron chi connectivity index (χ0n) is 11.1. The van der Waals surface area contributed by atoms with Crippen molar-refractivity contribution in [1.82, 2.24) is 4.90 Å². The fourth-order valence-electron chi connectivity index (χ4n) is 2.62. The van der Waals surface area contributed by atoms with Gasteiger partial charge in [-0.2, -0.15) is 0 Å². The molecule has 0 amide bonds. The second-order valence-corrected chi connectivity index (χ2v) is 5.23. The van der Waals surface area contributed by atoms with Crippen LogP contribution in [0.4, 0.5) is 8.78 Å². The van der Waals surface area contributed by atoms with E-state index in [1.807, 2.05) is 0 Å². The summed E-state index contributed by atoms with van der Waals surface area (Å²) in [4.78, 5) is 2.20. The standard InChI is InChI=1S/C14H20F2N2.ClH/c1-10-4-5-18(13(6-10)8-17)9-11-2-3-12(15)7-14(11)16;/h2-3,7,10,13H,4-6,8-9,17H2,1H3;1H. The van der Waals surface area contributed by atoms with Crippen LogP contribution >= 0.6 is 12.4 Å². The molecular formula is C14H21ClF2N2. The Balaban J connectivity index is 0.00000180. The monoisotopic (exact) mass is 290 g/mol. The van der Waals surface area contributed by atoms with Gasteiger partial charge in [0.05, 0.1) is 0 Å². The quantitative estimate of drug-likeness (QED) is 0.927. The van der Waals surface area contributed by atoms with Crippen LogP contribution in [0.2, 0.25) is 0 Å². The molecule has 2 nitrogen and oxygen atoms in total. The molecule has 1 aliphatic rings. The zero-order chi connectivity index (χ0) is 13.1. The number of likely N-dealkylation sites (tertiary alicyclic amines) is 1. The van der Waals surface area contributed by atoms with Gasteiger partial charge in [0.15, 0.2) is 0 Å². The third-order valence-corrected chi connectivity index (χ3v) is 3.76. The normalized spacial score (nSPS) is 24.0. The molecular weight excluding hydrogens is 270 g/mol. The van der Waals surface area contributed by atoms with Crippen molar-refractivity contribution in [2.24, 2.45) is 11.7 Å². The van der Waals surface area contributed by atoms with Crippen LogP contribution < -0.4 is 5.73 Å². The Morgan fingerprint density at radius 3 is 2.74 bits per heavy atom. The van der Waals surface area contributed by atoms with Gasteiger partial charge < -0.3 is 5.73 Å². The van der Waals surface area contributed by atoms with E-state index in [2.05, 4.69) is 11.8 Å². The van der Waals surface area contributed by atoms with Gasteiger partial charge in [0.25, 0.3) is 0 Å². The molecule has 0 saturated carbocycles. The van der Waals surface area contributed by atoms with E-state index in [1.165, 1.54) is 12.1 Å². The molecule has 0 spiro atoms. The summed E-state index contributed by atoms with van der Waals surface area (Å²) < 4.78 is 26.5. The SMILES string of the molecule is CC1CCN(Cc2ccc(F)cc2F)C(CN)C1.Cl. The molecule has 108 valence electrons. The number of nitrogens with zero attached hydrogens (tertiary/aromatic N) is 1. The molecule has 19 heavy (non-hydrogen) atoms.